The highest BCUT2D eigenvalue weighted by Gasteiger charge is 2.55. The Morgan fingerprint density at radius 2 is 1.59 bits per heavy atom. The first-order valence-corrected chi connectivity index (χ1v) is 10.3. The van der Waals surface area contributed by atoms with E-state index in [-0.39, 0.29) is 28.9 Å². The minimum atomic E-state index is -0.606. The lowest BCUT2D eigenvalue weighted by Crippen LogP contribution is -2.57. The fourth-order valence-electron chi connectivity index (χ4n) is 6.01. The summed E-state index contributed by atoms with van der Waals surface area (Å²) in [5, 5.41) is 15.8. The second kappa shape index (κ2) is 6.84. The van der Waals surface area contributed by atoms with E-state index in [1.165, 1.54) is 25.3 Å². The lowest BCUT2D eigenvalue weighted by molar-refractivity contribution is -0.148. The van der Waals surface area contributed by atoms with Crippen LogP contribution < -0.4 is 10.6 Å². The molecule has 27 heavy (non-hydrogen) atoms. The fraction of sp³-hybridized carbons (Fsp3) is 0.636. The van der Waals surface area contributed by atoms with Gasteiger partial charge in [-0.1, -0.05) is 26.0 Å². The van der Waals surface area contributed by atoms with Crippen molar-refractivity contribution in [2.75, 3.05) is 5.32 Å². The van der Waals surface area contributed by atoms with E-state index in [1.807, 2.05) is 13.8 Å². The summed E-state index contributed by atoms with van der Waals surface area (Å²) in [4.78, 5) is 26.1. The molecule has 4 bridgehead atoms. The smallest absolute Gasteiger partial charge is 0.247 e. The van der Waals surface area contributed by atoms with Crippen LogP contribution in [0.3, 0.4) is 0 Å². The molecule has 2 amide bonds. The fourth-order valence-corrected chi connectivity index (χ4v) is 6.01. The number of phenols is 1. The first-order chi connectivity index (χ1) is 12.9. The summed E-state index contributed by atoms with van der Waals surface area (Å²) >= 11 is 0. The summed E-state index contributed by atoms with van der Waals surface area (Å²) in [5.41, 5.74) is 0.106. The summed E-state index contributed by atoms with van der Waals surface area (Å²) in [6.45, 7) is 3.88. The Hall–Kier alpha value is -2.04. The van der Waals surface area contributed by atoms with Gasteiger partial charge in [0, 0.05) is 5.41 Å². The van der Waals surface area contributed by atoms with E-state index in [1.54, 1.807) is 18.2 Å². The van der Waals surface area contributed by atoms with Crippen molar-refractivity contribution in [1.29, 1.82) is 0 Å². The van der Waals surface area contributed by atoms with Crippen molar-refractivity contribution >= 4 is 17.5 Å². The standard InChI is InChI=1S/C22H30N2O3/c1-13(2)19(20(26)23-17-5-3-4-6-18(17)25)24-21(27)22-10-14-7-15(11-22)9-16(8-14)12-22/h3-6,13-16,19,25H,7-12H2,1-2H3,(H,23,26)(H,24,27). The molecular formula is C22H30N2O3. The summed E-state index contributed by atoms with van der Waals surface area (Å²) in [6.07, 6.45) is 6.81. The van der Waals surface area contributed by atoms with E-state index in [0.717, 1.165) is 19.3 Å². The molecule has 0 saturated heterocycles. The highest BCUT2D eigenvalue weighted by molar-refractivity contribution is 5.99. The molecule has 0 aliphatic heterocycles. The molecule has 4 saturated carbocycles. The van der Waals surface area contributed by atoms with Crippen molar-refractivity contribution in [2.45, 2.75) is 58.4 Å². The normalized spacial score (nSPS) is 32.3. The molecule has 4 aliphatic carbocycles. The number of hydrogen-bond donors (Lipinski definition) is 3. The zero-order valence-corrected chi connectivity index (χ0v) is 16.2. The lowest BCUT2D eigenvalue weighted by atomic mass is 9.49. The molecule has 0 radical (unpaired) electrons. The van der Waals surface area contributed by atoms with Crippen LogP contribution in [0.5, 0.6) is 5.75 Å². The summed E-state index contributed by atoms with van der Waals surface area (Å²) in [6, 6.07) is 6.05. The highest BCUT2D eigenvalue weighted by atomic mass is 16.3. The second-order valence-corrected chi connectivity index (χ2v) is 9.40. The van der Waals surface area contributed by atoms with Gasteiger partial charge >= 0.3 is 0 Å². The monoisotopic (exact) mass is 370 g/mol. The molecule has 1 aromatic carbocycles. The van der Waals surface area contributed by atoms with Gasteiger partial charge in [-0.15, -0.1) is 0 Å². The number of nitrogens with one attached hydrogen (secondary N) is 2. The SMILES string of the molecule is CC(C)C(NC(=O)C12CC3CC(CC(C3)C1)C2)C(=O)Nc1ccccc1O. The number of para-hydroxylation sites is 2. The largest absolute Gasteiger partial charge is 0.506 e. The van der Waals surface area contributed by atoms with Crippen LogP contribution in [0.4, 0.5) is 5.69 Å². The summed E-state index contributed by atoms with van der Waals surface area (Å²) < 4.78 is 0. The Kier molecular flexibility index (Phi) is 4.65. The van der Waals surface area contributed by atoms with E-state index >= 15 is 0 Å². The third-order valence-electron chi connectivity index (χ3n) is 6.92. The average Bonchev–Trinajstić information content (AvgIpc) is 2.59. The minimum Gasteiger partial charge on any atom is -0.506 e. The third kappa shape index (κ3) is 3.44. The summed E-state index contributed by atoms with van der Waals surface area (Å²) in [5.74, 6) is 1.85. The Morgan fingerprint density at radius 3 is 2.11 bits per heavy atom. The number of carbonyl (C=O) groups is 2. The predicted molar refractivity (Wildman–Crippen MR) is 104 cm³/mol. The maximum Gasteiger partial charge on any atom is 0.247 e. The molecule has 4 aliphatic rings. The van der Waals surface area contributed by atoms with Crippen LogP contribution in [-0.2, 0) is 9.59 Å². The van der Waals surface area contributed by atoms with E-state index < -0.39 is 6.04 Å². The van der Waals surface area contributed by atoms with Crippen molar-refractivity contribution in [3.05, 3.63) is 24.3 Å². The molecule has 1 unspecified atom stereocenters. The molecule has 1 atom stereocenters. The zero-order chi connectivity index (χ0) is 19.2. The number of phenolic OH excluding ortho intramolecular Hbond substituents is 1. The number of amides is 2. The van der Waals surface area contributed by atoms with Crippen molar-refractivity contribution in [1.82, 2.24) is 5.32 Å². The van der Waals surface area contributed by atoms with Gasteiger partial charge in [-0.3, -0.25) is 9.59 Å². The van der Waals surface area contributed by atoms with Crippen LogP contribution >= 0.6 is 0 Å². The minimum absolute atomic E-state index is 0.0285. The maximum absolute atomic E-state index is 13.3. The molecule has 4 fully saturated rings. The van der Waals surface area contributed by atoms with E-state index in [4.69, 9.17) is 0 Å². The van der Waals surface area contributed by atoms with E-state index in [2.05, 4.69) is 10.6 Å². The van der Waals surface area contributed by atoms with Crippen molar-refractivity contribution in [3.63, 3.8) is 0 Å². The molecule has 5 rings (SSSR count). The lowest BCUT2D eigenvalue weighted by Gasteiger charge is -2.55. The number of aromatic hydroxyl groups is 1. The molecule has 0 heterocycles. The zero-order valence-electron chi connectivity index (χ0n) is 16.2. The predicted octanol–water partition coefficient (Wildman–Crippen LogP) is 3.69. The van der Waals surface area contributed by atoms with Gasteiger partial charge in [0.2, 0.25) is 11.8 Å². The van der Waals surface area contributed by atoms with Crippen LogP contribution in [0.2, 0.25) is 0 Å². The Bertz CT molecular complexity index is 708. The van der Waals surface area contributed by atoms with Crippen molar-refractivity contribution in [2.24, 2.45) is 29.1 Å². The van der Waals surface area contributed by atoms with Gasteiger partial charge in [0.1, 0.15) is 11.8 Å². The molecule has 3 N–H and O–H groups in total. The van der Waals surface area contributed by atoms with E-state index in [0.29, 0.717) is 23.4 Å². The first kappa shape index (κ1) is 18.3. The van der Waals surface area contributed by atoms with Crippen molar-refractivity contribution < 1.29 is 14.7 Å². The average molecular weight is 370 g/mol. The second-order valence-electron chi connectivity index (χ2n) is 9.40. The van der Waals surface area contributed by atoms with Crippen LogP contribution in [-0.4, -0.2) is 23.0 Å². The quantitative estimate of drug-likeness (QED) is 0.692. The van der Waals surface area contributed by atoms with Gasteiger partial charge in [-0.05, 0) is 74.3 Å². The van der Waals surface area contributed by atoms with Gasteiger partial charge < -0.3 is 15.7 Å². The van der Waals surface area contributed by atoms with Crippen LogP contribution in [0.15, 0.2) is 24.3 Å². The Balaban J connectivity index is 1.48. The van der Waals surface area contributed by atoms with Gasteiger partial charge in [-0.2, -0.15) is 0 Å². The van der Waals surface area contributed by atoms with Gasteiger partial charge in [0.25, 0.3) is 0 Å². The molecule has 146 valence electrons. The van der Waals surface area contributed by atoms with Crippen LogP contribution in [0.1, 0.15) is 52.4 Å². The highest BCUT2D eigenvalue weighted by Crippen LogP contribution is 2.60. The molecule has 5 heteroatoms. The first-order valence-electron chi connectivity index (χ1n) is 10.3. The number of benzene rings is 1. The van der Waals surface area contributed by atoms with E-state index in [9.17, 15) is 14.7 Å². The van der Waals surface area contributed by atoms with Gasteiger partial charge in [-0.25, -0.2) is 0 Å². The summed E-state index contributed by atoms with van der Waals surface area (Å²) in [7, 11) is 0. The maximum atomic E-state index is 13.3. The Morgan fingerprint density at radius 1 is 1.04 bits per heavy atom. The van der Waals surface area contributed by atoms with Gasteiger partial charge in [0.15, 0.2) is 0 Å². The number of anilines is 1. The van der Waals surface area contributed by atoms with Crippen LogP contribution in [0, 0.1) is 29.1 Å². The number of hydrogen-bond acceptors (Lipinski definition) is 3. The topological polar surface area (TPSA) is 78.4 Å². The Labute approximate surface area is 160 Å². The van der Waals surface area contributed by atoms with Crippen molar-refractivity contribution in [3.8, 4) is 5.75 Å². The molecule has 0 aromatic heterocycles. The number of carbonyl (C=O) groups excluding carboxylic acids is 2. The third-order valence-corrected chi connectivity index (χ3v) is 6.92. The van der Waals surface area contributed by atoms with Gasteiger partial charge in [0.05, 0.1) is 5.69 Å². The molecule has 1 aromatic rings. The van der Waals surface area contributed by atoms with Crippen LogP contribution in [0.25, 0.3) is 0 Å². The number of rotatable bonds is 5. The molecule has 0 spiro atoms. The molecule has 5 nitrogen and oxygen atoms in total. The molecular weight excluding hydrogens is 340 g/mol.